The van der Waals surface area contributed by atoms with Gasteiger partial charge in [0.15, 0.2) is 0 Å². The van der Waals surface area contributed by atoms with Gasteiger partial charge in [-0.3, -0.25) is 5.32 Å². The van der Waals surface area contributed by atoms with E-state index in [2.05, 4.69) is 10.2 Å². The second-order valence-corrected chi connectivity index (χ2v) is 4.77. The number of nitrogens with zero attached hydrogens (tertiary/aromatic N) is 2. The van der Waals surface area contributed by atoms with E-state index in [1.54, 1.807) is 12.1 Å². The molecule has 1 aromatic rings. The Bertz CT molecular complexity index is 477. The van der Waals surface area contributed by atoms with E-state index in [-0.39, 0.29) is 0 Å². The molecule has 1 rings (SSSR count). The maximum atomic E-state index is 10.7. The van der Waals surface area contributed by atoms with E-state index in [1.807, 2.05) is 26.0 Å². The number of carboxylic acid groups (broad SMARTS) is 1. The number of anilines is 3. The lowest BCUT2D eigenvalue weighted by Gasteiger charge is -2.24. The van der Waals surface area contributed by atoms with Crippen molar-refractivity contribution in [1.29, 1.82) is 0 Å². The predicted molar refractivity (Wildman–Crippen MR) is 80.9 cm³/mol. The highest BCUT2D eigenvalue weighted by Crippen LogP contribution is 2.34. The smallest absolute Gasteiger partial charge is 0.409 e. The number of hydrogen-bond donors (Lipinski definition) is 3. The molecule has 0 atom stereocenters. The molecule has 112 valence electrons. The number of benzene rings is 1. The lowest BCUT2D eigenvalue weighted by atomic mass is 10.2. The fourth-order valence-electron chi connectivity index (χ4n) is 1.77. The fourth-order valence-corrected chi connectivity index (χ4v) is 1.77. The normalized spacial score (nSPS) is 10.4. The summed E-state index contributed by atoms with van der Waals surface area (Å²) in [5.74, 6) is 0.438. The van der Waals surface area contributed by atoms with Gasteiger partial charge in [-0.2, -0.15) is 0 Å². The van der Waals surface area contributed by atoms with E-state index in [9.17, 15) is 4.79 Å². The van der Waals surface area contributed by atoms with Gasteiger partial charge in [-0.15, -0.1) is 0 Å². The van der Waals surface area contributed by atoms with Gasteiger partial charge < -0.3 is 25.4 Å². The first-order valence-corrected chi connectivity index (χ1v) is 6.18. The van der Waals surface area contributed by atoms with Gasteiger partial charge in [0.1, 0.15) is 5.75 Å². The Morgan fingerprint density at radius 2 is 2.00 bits per heavy atom. The maximum Gasteiger partial charge on any atom is 0.409 e. The quantitative estimate of drug-likeness (QED) is 0.683. The van der Waals surface area contributed by atoms with Gasteiger partial charge >= 0.3 is 6.09 Å². The minimum Gasteiger partial charge on any atom is -0.494 e. The van der Waals surface area contributed by atoms with Crippen molar-refractivity contribution in [2.45, 2.75) is 0 Å². The molecule has 0 radical (unpaired) electrons. The minimum absolute atomic E-state index is 0.335. The summed E-state index contributed by atoms with van der Waals surface area (Å²) in [6, 6.07) is 3.30. The number of rotatable bonds is 6. The van der Waals surface area contributed by atoms with Crippen molar-refractivity contribution in [3.63, 3.8) is 0 Å². The van der Waals surface area contributed by atoms with Crippen molar-refractivity contribution < 1.29 is 14.6 Å². The largest absolute Gasteiger partial charge is 0.494 e. The average molecular weight is 282 g/mol. The molecule has 0 aliphatic rings. The molecule has 0 aromatic heterocycles. The summed E-state index contributed by atoms with van der Waals surface area (Å²) in [5, 5.41) is 11.0. The van der Waals surface area contributed by atoms with Gasteiger partial charge in [0.2, 0.25) is 0 Å². The van der Waals surface area contributed by atoms with Crippen molar-refractivity contribution in [2.75, 3.05) is 57.3 Å². The van der Waals surface area contributed by atoms with Gasteiger partial charge in [-0.05, 0) is 20.2 Å². The molecule has 7 nitrogen and oxygen atoms in total. The van der Waals surface area contributed by atoms with Crippen LogP contribution in [0.15, 0.2) is 12.1 Å². The number of hydrogen-bond acceptors (Lipinski definition) is 5. The standard InChI is InChI=1S/C13H22N4O3/c1-16(2)5-6-17(3)11-8-12(20-4)10(7-9(11)14)15-13(18)19/h7-8,15H,5-6,14H2,1-4H3,(H,18,19). The summed E-state index contributed by atoms with van der Waals surface area (Å²) in [6.45, 7) is 1.68. The lowest BCUT2D eigenvalue weighted by molar-refractivity contribution is 0.209. The molecule has 0 aliphatic carbocycles. The lowest BCUT2D eigenvalue weighted by Crippen LogP contribution is -2.29. The van der Waals surface area contributed by atoms with E-state index < -0.39 is 6.09 Å². The monoisotopic (exact) mass is 282 g/mol. The number of amides is 1. The number of nitrogen functional groups attached to an aromatic ring is 1. The Hall–Kier alpha value is -2.15. The number of ether oxygens (including phenoxy) is 1. The topological polar surface area (TPSA) is 91.1 Å². The van der Waals surface area contributed by atoms with Crippen molar-refractivity contribution in [2.24, 2.45) is 0 Å². The molecule has 0 unspecified atom stereocenters. The van der Waals surface area contributed by atoms with Crippen molar-refractivity contribution in [3.8, 4) is 5.75 Å². The first-order valence-electron chi connectivity index (χ1n) is 6.18. The van der Waals surface area contributed by atoms with Crippen molar-refractivity contribution >= 4 is 23.2 Å². The van der Waals surface area contributed by atoms with Crippen LogP contribution in [0.25, 0.3) is 0 Å². The Labute approximate surface area is 118 Å². The third-order valence-corrected chi connectivity index (χ3v) is 2.88. The molecule has 0 saturated carbocycles. The number of methoxy groups -OCH3 is 1. The zero-order chi connectivity index (χ0) is 15.3. The summed E-state index contributed by atoms with van der Waals surface area (Å²) in [4.78, 5) is 14.8. The third kappa shape index (κ3) is 4.20. The molecule has 1 amide bonds. The molecule has 20 heavy (non-hydrogen) atoms. The van der Waals surface area contributed by atoms with Crippen LogP contribution >= 0.6 is 0 Å². The number of likely N-dealkylation sites (N-methyl/N-ethyl adjacent to an activating group) is 2. The average Bonchev–Trinajstić information content (AvgIpc) is 2.35. The number of nitrogens with two attached hydrogens (primary N) is 1. The molecular weight excluding hydrogens is 260 g/mol. The summed E-state index contributed by atoms with van der Waals surface area (Å²) >= 11 is 0. The molecule has 0 fully saturated rings. The molecule has 7 heteroatoms. The summed E-state index contributed by atoms with van der Waals surface area (Å²) in [6.07, 6.45) is -1.16. The van der Waals surface area contributed by atoms with Crippen LogP contribution < -0.4 is 20.7 Å². The highest BCUT2D eigenvalue weighted by Gasteiger charge is 2.13. The van der Waals surface area contributed by atoms with E-state index in [0.717, 1.165) is 18.8 Å². The van der Waals surface area contributed by atoms with Crippen molar-refractivity contribution in [1.82, 2.24) is 4.90 Å². The minimum atomic E-state index is -1.16. The van der Waals surface area contributed by atoms with E-state index in [0.29, 0.717) is 17.1 Å². The Morgan fingerprint density at radius 1 is 1.35 bits per heavy atom. The van der Waals surface area contributed by atoms with Crippen LogP contribution in [0, 0.1) is 0 Å². The first-order chi connectivity index (χ1) is 9.35. The molecule has 0 spiro atoms. The van der Waals surface area contributed by atoms with Crippen LogP contribution in [-0.4, -0.2) is 57.4 Å². The molecule has 4 N–H and O–H groups in total. The molecule has 0 aliphatic heterocycles. The fraction of sp³-hybridized carbons (Fsp3) is 0.462. The molecule has 1 aromatic carbocycles. The van der Waals surface area contributed by atoms with E-state index in [4.69, 9.17) is 15.6 Å². The number of nitrogens with one attached hydrogen (secondary N) is 1. The van der Waals surface area contributed by atoms with Crippen LogP contribution in [0.3, 0.4) is 0 Å². The van der Waals surface area contributed by atoms with Crippen molar-refractivity contribution in [3.05, 3.63) is 12.1 Å². The summed E-state index contributed by atoms with van der Waals surface area (Å²) in [7, 11) is 7.41. The van der Waals surface area contributed by atoms with Gasteiger partial charge in [-0.1, -0.05) is 0 Å². The van der Waals surface area contributed by atoms with E-state index in [1.165, 1.54) is 7.11 Å². The van der Waals surface area contributed by atoms with Crippen LogP contribution in [-0.2, 0) is 0 Å². The van der Waals surface area contributed by atoms with Crippen LogP contribution in [0.2, 0.25) is 0 Å². The van der Waals surface area contributed by atoms with Crippen LogP contribution in [0.4, 0.5) is 21.9 Å². The van der Waals surface area contributed by atoms with Gasteiger partial charge in [-0.25, -0.2) is 4.79 Å². The summed E-state index contributed by atoms with van der Waals surface area (Å²) < 4.78 is 5.20. The maximum absolute atomic E-state index is 10.7. The van der Waals surface area contributed by atoms with Gasteiger partial charge in [0, 0.05) is 26.2 Å². The zero-order valence-corrected chi connectivity index (χ0v) is 12.3. The number of carbonyl (C=O) groups is 1. The van der Waals surface area contributed by atoms with Gasteiger partial charge in [0.05, 0.1) is 24.2 Å². The zero-order valence-electron chi connectivity index (χ0n) is 12.3. The molecule has 0 saturated heterocycles. The van der Waals surface area contributed by atoms with Crippen LogP contribution in [0.1, 0.15) is 0 Å². The Kier molecular flexibility index (Phi) is 5.45. The summed E-state index contributed by atoms with van der Waals surface area (Å²) in [5.41, 5.74) is 7.62. The highest BCUT2D eigenvalue weighted by molar-refractivity contribution is 5.88. The second-order valence-electron chi connectivity index (χ2n) is 4.77. The third-order valence-electron chi connectivity index (χ3n) is 2.88. The van der Waals surface area contributed by atoms with E-state index >= 15 is 0 Å². The molecule has 0 heterocycles. The molecule has 0 bridgehead atoms. The Morgan fingerprint density at radius 3 is 2.50 bits per heavy atom. The highest BCUT2D eigenvalue weighted by atomic mass is 16.5. The SMILES string of the molecule is COc1cc(N(C)CCN(C)C)c(N)cc1NC(=O)O. The first kappa shape index (κ1) is 15.9. The predicted octanol–water partition coefficient (Wildman–Crippen LogP) is 1.37. The van der Waals surface area contributed by atoms with Gasteiger partial charge in [0.25, 0.3) is 0 Å². The molecular formula is C13H22N4O3. The second kappa shape index (κ2) is 6.85. The Balaban J connectivity index is 3.00. The van der Waals surface area contributed by atoms with Crippen LogP contribution in [0.5, 0.6) is 5.75 Å².